The normalized spacial score (nSPS) is 21.9. The lowest BCUT2D eigenvalue weighted by Crippen LogP contribution is -2.61. The van der Waals surface area contributed by atoms with Gasteiger partial charge >= 0.3 is 6.09 Å². The van der Waals surface area contributed by atoms with Gasteiger partial charge < -0.3 is 25.2 Å². The third kappa shape index (κ3) is 6.68. The van der Waals surface area contributed by atoms with E-state index in [2.05, 4.69) is 10.6 Å². The lowest BCUT2D eigenvalue weighted by atomic mass is 9.67. The van der Waals surface area contributed by atoms with Crippen molar-refractivity contribution in [1.29, 1.82) is 0 Å². The summed E-state index contributed by atoms with van der Waals surface area (Å²) in [5, 5.41) is 18.4. The Kier molecular flexibility index (Phi) is 8.70. The van der Waals surface area contributed by atoms with Crippen molar-refractivity contribution in [3.8, 4) is 5.75 Å². The van der Waals surface area contributed by atoms with Gasteiger partial charge in [-0.2, -0.15) is 0 Å². The van der Waals surface area contributed by atoms with Crippen LogP contribution < -0.4 is 15.4 Å². The monoisotopic (exact) mass is 542 g/mol. The molecule has 7 nitrogen and oxygen atoms in total. The maximum atomic E-state index is 14.4. The van der Waals surface area contributed by atoms with Crippen LogP contribution in [-0.4, -0.2) is 46.8 Å². The smallest absolute Gasteiger partial charge is 0.408 e. The van der Waals surface area contributed by atoms with Gasteiger partial charge in [-0.05, 0) is 69.8 Å². The molecule has 2 aromatic carbocycles. The molecule has 1 aliphatic carbocycles. The molecular weight excluding hydrogens is 504 g/mol. The van der Waals surface area contributed by atoms with Crippen molar-refractivity contribution in [2.45, 2.75) is 88.6 Å². The highest BCUT2D eigenvalue weighted by Crippen LogP contribution is 2.44. The third-order valence-corrected chi connectivity index (χ3v) is 7.71. The Morgan fingerprint density at radius 3 is 2.39 bits per heavy atom. The van der Waals surface area contributed by atoms with Crippen molar-refractivity contribution in [2.75, 3.05) is 13.1 Å². The third-order valence-electron chi connectivity index (χ3n) is 7.41. The number of aliphatic hydroxyl groups is 1. The number of carbonyl (C=O) groups is 2. The lowest BCUT2D eigenvalue weighted by Gasteiger charge is -2.42. The molecule has 38 heavy (non-hydrogen) atoms. The van der Waals surface area contributed by atoms with Crippen molar-refractivity contribution >= 4 is 23.5 Å². The number of hydrogen-bond donors (Lipinski definition) is 3. The van der Waals surface area contributed by atoms with Gasteiger partial charge in [0.2, 0.25) is 0 Å². The van der Waals surface area contributed by atoms with Crippen LogP contribution in [0.4, 0.5) is 4.79 Å². The van der Waals surface area contributed by atoms with E-state index in [9.17, 15) is 14.7 Å². The first-order chi connectivity index (χ1) is 18.0. The number of halogens is 1. The molecule has 2 atom stereocenters. The van der Waals surface area contributed by atoms with E-state index in [1.54, 1.807) is 32.9 Å². The van der Waals surface area contributed by atoms with Crippen molar-refractivity contribution < 1.29 is 24.2 Å². The number of ether oxygens (including phenoxy) is 2. The first-order valence-electron chi connectivity index (χ1n) is 13.5. The van der Waals surface area contributed by atoms with E-state index in [4.69, 9.17) is 21.1 Å². The molecule has 8 heteroatoms. The highest BCUT2D eigenvalue weighted by atomic mass is 35.5. The molecule has 1 saturated carbocycles. The fraction of sp³-hybridized carbons (Fsp3) is 0.533. The van der Waals surface area contributed by atoms with Crippen LogP contribution in [0.1, 0.15) is 76.3 Å². The van der Waals surface area contributed by atoms with Gasteiger partial charge in [0.05, 0.1) is 16.5 Å². The minimum atomic E-state index is -1.24. The predicted molar refractivity (Wildman–Crippen MR) is 148 cm³/mol. The molecule has 0 aromatic heterocycles. The number of Topliss-reactive ketones (excluding diaryl/α,β-unsaturated/α-hetero) is 1. The minimum Gasteiger partial charge on any atom is -0.487 e. The Bertz CT molecular complexity index is 1120. The maximum Gasteiger partial charge on any atom is 0.408 e. The van der Waals surface area contributed by atoms with Gasteiger partial charge in [0.15, 0.2) is 5.78 Å². The van der Waals surface area contributed by atoms with Gasteiger partial charge in [0.1, 0.15) is 23.5 Å². The molecule has 0 bridgehead atoms. The van der Waals surface area contributed by atoms with Crippen LogP contribution in [0.25, 0.3) is 0 Å². The quantitative estimate of drug-likeness (QED) is 0.406. The molecule has 1 unspecified atom stereocenters. The number of carbonyl (C=O) groups excluding carboxylic acids is 2. The largest absolute Gasteiger partial charge is 0.487 e. The van der Waals surface area contributed by atoms with Gasteiger partial charge in [-0.1, -0.05) is 67.3 Å². The van der Waals surface area contributed by atoms with E-state index in [0.29, 0.717) is 48.7 Å². The number of benzene rings is 2. The molecule has 1 heterocycles. The molecule has 0 spiro atoms. The summed E-state index contributed by atoms with van der Waals surface area (Å²) in [5.74, 6) is -0.588. The van der Waals surface area contributed by atoms with E-state index >= 15 is 0 Å². The lowest BCUT2D eigenvalue weighted by molar-refractivity contribution is -0.135. The molecule has 0 radical (unpaired) electrons. The van der Waals surface area contributed by atoms with Crippen molar-refractivity contribution in [2.24, 2.45) is 0 Å². The molecule has 1 saturated heterocycles. The Hall–Kier alpha value is -2.61. The van der Waals surface area contributed by atoms with E-state index in [1.165, 1.54) is 0 Å². The average molecular weight is 543 g/mol. The van der Waals surface area contributed by atoms with Crippen LogP contribution in [0.5, 0.6) is 5.75 Å². The summed E-state index contributed by atoms with van der Waals surface area (Å²) in [6, 6.07) is 15.1. The molecule has 4 rings (SSSR count). The molecule has 1 amide bonds. The van der Waals surface area contributed by atoms with Gasteiger partial charge in [-0.25, -0.2) is 4.79 Å². The van der Waals surface area contributed by atoms with E-state index in [1.807, 2.05) is 36.4 Å². The van der Waals surface area contributed by atoms with E-state index in [0.717, 1.165) is 24.8 Å². The van der Waals surface area contributed by atoms with Crippen LogP contribution in [0.2, 0.25) is 5.02 Å². The molecule has 3 N–H and O–H groups in total. The first-order valence-corrected chi connectivity index (χ1v) is 13.8. The highest BCUT2D eigenvalue weighted by molar-refractivity contribution is 6.32. The number of alkyl carbamates (subject to hydrolysis) is 1. The fourth-order valence-corrected chi connectivity index (χ4v) is 5.80. The zero-order valence-corrected chi connectivity index (χ0v) is 23.3. The van der Waals surface area contributed by atoms with E-state index in [-0.39, 0.29) is 12.3 Å². The van der Waals surface area contributed by atoms with Crippen LogP contribution in [0.3, 0.4) is 0 Å². The minimum absolute atomic E-state index is 0.230. The SMILES string of the molecule is CC(C)(C)OC(=O)N[C@@]1(C(=O)C(c2ccc(OCc3ccccc3)c(Cl)c2)C2(O)CCCCC2)CCNC1. The summed E-state index contributed by atoms with van der Waals surface area (Å²) in [6.45, 7) is 6.55. The molecule has 1 aliphatic heterocycles. The van der Waals surface area contributed by atoms with Crippen LogP contribution in [-0.2, 0) is 16.1 Å². The zero-order valence-electron chi connectivity index (χ0n) is 22.5. The van der Waals surface area contributed by atoms with E-state index < -0.39 is 28.8 Å². The summed E-state index contributed by atoms with van der Waals surface area (Å²) < 4.78 is 11.4. The predicted octanol–water partition coefficient (Wildman–Crippen LogP) is 5.52. The Labute approximate surface area is 230 Å². The number of amides is 1. The van der Waals surface area contributed by atoms with Gasteiger partial charge in [0.25, 0.3) is 0 Å². The summed E-state index contributed by atoms with van der Waals surface area (Å²) >= 11 is 6.66. The standard InChI is InChI=1S/C30H39ClN2O5/c1-28(2,3)38-27(35)33-29(16-17-32-20-29)26(34)25(30(36)14-8-5-9-15-30)22-12-13-24(23(31)18-22)37-19-21-10-6-4-7-11-21/h4,6-7,10-13,18,25,32,36H,5,8-9,14-17,19-20H2,1-3H3,(H,33,35)/t25?,29-/m0/s1. The van der Waals surface area contributed by atoms with Crippen molar-refractivity contribution in [3.63, 3.8) is 0 Å². The molecule has 2 aromatic rings. The van der Waals surface area contributed by atoms with Crippen molar-refractivity contribution in [1.82, 2.24) is 10.6 Å². The second kappa shape index (κ2) is 11.6. The summed E-state index contributed by atoms with van der Waals surface area (Å²) in [5.41, 5.74) is -1.51. The number of nitrogens with one attached hydrogen (secondary N) is 2. The second-order valence-corrected chi connectivity index (χ2v) is 12.0. The number of hydrogen-bond acceptors (Lipinski definition) is 6. The van der Waals surface area contributed by atoms with Gasteiger partial charge in [0, 0.05) is 6.54 Å². The van der Waals surface area contributed by atoms with Gasteiger partial charge in [-0.15, -0.1) is 0 Å². The second-order valence-electron chi connectivity index (χ2n) is 11.6. The van der Waals surface area contributed by atoms with Crippen LogP contribution >= 0.6 is 11.6 Å². The summed E-state index contributed by atoms with van der Waals surface area (Å²) in [7, 11) is 0. The van der Waals surface area contributed by atoms with Crippen LogP contribution in [0, 0.1) is 0 Å². The van der Waals surface area contributed by atoms with Gasteiger partial charge in [-0.3, -0.25) is 4.79 Å². The summed E-state index contributed by atoms with van der Waals surface area (Å²) in [4.78, 5) is 27.2. The molecule has 206 valence electrons. The fourth-order valence-electron chi connectivity index (χ4n) is 5.55. The maximum absolute atomic E-state index is 14.4. The zero-order chi connectivity index (χ0) is 27.4. The Balaban J connectivity index is 1.64. The Morgan fingerprint density at radius 2 is 1.79 bits per heavy atom. The topological polar surface area (TPSA) is 96.9 Å². The van der Waals surface area contributed by atoms with Crippen molar-refractivity contribution in [3.05, 3.63) is 64.7 Å². The average Bonchev–Trinajstić information content (AvgIpc) is 3.33. The molecule has 2 fully saturated rings. The Morgan fingerprint density at radius 1 is 1.08 bits per heavy atom. The first kappa shape index (κ1) is 28.4. The van der Waals surface area contributed by atoms with Crippen LogP contribution in [0.15, 0.2) is 48.5 Å². The number of ketones is 1. The summed E-state index contributed by atoms with van der Waals surface area (Å²) in [6.07, 6.45) is 3.44. The molecular formula is C30H39ClN2O5. The molecule has 2 aliphatic rings. The number of rotatable bonds is 8. The highest BCUT2D eigenvalue weighted by Gasteiger charge is 2.53.